The molecule has 9 aromatic carbocycles. The van der Waals surface area contributed by atoms with Gasteiger partial charge in [-0.15, -0.1) is 0 Å². The minimum atomic E-state index is -0.0309. The van der Waals surface area contributed by atoms with Crippen LogP contribution >= 0.6 is 0 Å². The van der Waals surface area contributed by atoms with Gasteiger partial charge in [0.2, 0.25) is 0 Å². The predicted octanol–water partition coefficient (Wildman–Crippen LogP) is 14.1. The van der Waals surface area contributed by atoms with Gasteiger partial charge >= 0.3 is 0 Å². The van der Waals surface area contributed by atoms with Crippen molar-refractivity contribution >= 4 is 32.3 Å². The van der Waals surface area contributed by atoms with Crippen molar-refractivity contribution < 1.29 is 0 Å². The molecule has 0 saturated heterocycles. The molecule has 0 amide bonds. The van der Waals surface area contributed by atoms with Crippen LogP contribution in [0.1, 0.15) is 25.0 Å². The second-order valence-corrected chi connectivity index (χ2v) is 14.5. The first-order valence-corrected chi connectivity index (χ1v) is 17.9. The Morgan fingerprint density at radius 3 is 1.47 bits per heavy atom. The minimum Gasteiger partial charge on any atom is -0.0622 e. The number of hydrogen-bond acceptors (Lipinski definition) is 0. The summed E-state index contributed by atoms with van der Waals surface area (Å²) in [5.74, 6) is 0. The van der Waals surface area contributed by atoms with E-state index in [-0.39, 0.29) is 5.41 Å². The SMILES string of the molecule is CC1(C)c2ccccc2-c2cc(-c3c4ccccc4c(-c4ccc5cc(-c6ccccc6)ccc5c4)c4ccc(-c5ccccc5)cc34)ccc21. The van der Waals surface area contributed by atoms with Crippen LogP contribution in [0, 0.1) is 0 Å². The standard InChI is InChI=1S/C51H36/c1-51(2)47-20-12-11-17-41(47)45-32-40(26-28-48(45)51)50-43-19-10-9-18-42(43)49(44-27-25-38(31-46(44)50)34-15-7-4-8-16-34)39-24-23-36-29-35(21-22-37(36)30-39)33-13-5-3-6-14-33/h3-32H,1-2H3. The van der Waals surface area contributed by atoms with Gasteiger partial charge in [0, 0.05) is 5.41 Å². The van der Waals surface area contributed by atoms with Crippen LogP contribution in [0.25, 0.3) is 88.0 Å². The predicted molar refractivity (Wildman–Crippen MR) is 218 cm³/mol. The molecule has 0 nitrogen and oxygen atoms in total. The highest BCUT2D eigenvalue weighted by Crippen LogP contribution is 2.51. The second-order valence-electron chi connectivity index (χ2n) is 14.5. The summed E-state index contributed by atoms with van der Waals surface area (Å²) < 4.78 is 0. The van der Waals surface area contributed by atoms with Gasteiger partial charge in [-0.2, -0.15) is 0 Å². The first kappa shape index (κ1) is 29.7. The molecule has 0 saturated carbocycles. The summed E-state index contributed by atoms with van der Waals surface area (Å²) in [6, 6.07) is 67.5. The zero-order chi connectivity index (χ0) is 34.1. The Morgan fingerprint density at radius 1 is 0.294 bits per heavy atom. The molecule has 0 heteroatoms. The highest BCUT2D eigenvalue weighted by molar-refractivity contribution is 6.22. The molecule has 0 unspecified atom stereocenters. The van der Waals surface area contributed by atoms with Crippen LogP contribution in [0.3, 0.4) is 0 Å². The Morgan fingerprint density at radius 2 is 0.765 bits per heavy atom. The third kappa shape index (κ3) is 4.68. The summed E-state index contributed by atoms with van der Waals surface area (Å²) in [5.41, 5.74) is 15.5. The van der Waals surface area contributed by atoms with Crippen LogP contribution < -0.4 is 0 Å². The van der Waals surface area contributed by atoms with E-state index in [0.717, 1.165) is 0 Å². The smallest absolute Gasteiger partial charge is 0.0158 e. The quantitative estimate of drug-likeness (QED) is 0.167. The van der Waals surface area contributed by atoms with E-state index >= 15 is 0 Å². The van der Waals surface area contributed by atoms with E-state index in [0.29, 0.717) is 0 Å². The number of benzene rings is 9. The van der Waals surface area contributed by atoms with Gasteiger partial charge in [-0.05, 0) is 123 Å². The zero-order valence-corrected chi connectivity index (χ0v) is 28.8. The first-order chi connectivity index (χ1) is 25.0. The van der Waals surface area contributed by atoms with E-state index in [1.807, 2.05) is 0 Å². The normalized spacial score (nSPS) is 13.1. The summed E-state index contributed by atoms with van der Waals surface area (Å²) in [4.78, 5) is 0. The summed E-state index contributed by atoms with van der Waals surface area (Å²) in [7, 11) is 0. The molecule has 9 aromatic rings. The van der Waals surface area contributed by atoms with E-state index in [1.165, 1.54) is 99.1 Å². The van der Waals surface area contributed by atoms with E-state index < -0.39 is 0 Å². The second kappa shape index (κ2) is 11.4. The lowest BCUT2D eigenvalue weighted by atomic mass is 9.81. The van der Waals surface area contributed by atoms with Crippen LogP contribution in [0.15, 0.2) is 182 Å². The fourth-order valence-corrected chi connectivity index (χ4v) is 8.70. The Balaban J connectivity index is 1.24. The Bertz CT molecular complexity index is 2800. The van der Waals surface area contributed by atoms with Crippen molar-refractivity contribution in [2.75, 3.05) is 0 Å². The molecule has 1 aliphatic rings. The average molecular weight is 649 g/mol. The minimum absolute atomic E-state index is 0.0309. The summed E-state index contributed by atoms with van der Waals surface area (Å²) in [5, 5.41) is 7.58. The lowest BCUT2D eigenvalue weighted by molar-refractivity contribution is 0.660. The molecular formula is C51H36. The van der Waals surface area contributed by atoms with Crippen molar-refractivity contribution in [1.29, 1.82) is 0 Å². The van der Waals surface area contributed by atoms with E-state index in [9.17, 15) is 0 Å². The third-order valence-corrected chi connectivity index (χ3v) is 11.2. The van der Waals surface area contributed by atoms with Gasteiger partial charge in [0.25, 0.3) is 0 Å². The molecule has 0 heterocycles. The third-order valence-electron chi connectivity index (χ3n) is 11.2. The maximum Gasteiger partial charge on any atom is 0.0158 e. The van der Waals surface area contributed by atoms with Gasteiger partial charge in [-0.25, -0.2) is 0 Å². The lowest BCUT2D eigenvalue weighted by Gasteiger charge is -2.22. The molecule has 10 rings (SSSR count). The summed E-state index contributed by atoms with van der Waals surface area (Å²) >= 11 is 0. The van der Waals surface area contributed by atoms with Crippen molar-refractivity contribution in [3.63, 3.8) is 0 Å². The monoisotopic (exact) mass is 648 g/mol. The molecule has 0 N–H and O–H groups in total. The van der Waals surface area contributed by atoms with Crippen LogP contribution in [-0.4, -0.2) is 0 Å². The number of fused-ring (bicyclic) bond motifs is 6. The Kier molecular flexibility index (Phi) is 6.63. The molecule has 0 spiro atoms. The Hall–Kier alpha value is -6.24. The van der Waals surface area contributed by atoms with Gasteiger partial charge in [0.15, 0.2) is 0 Å². The van der Waals surface area contributed by atoms with E-state index in [2.05, 4.69) is 196 Å². The fraction of sp³-hybridized carbons (Fsp3) is 0.0588. The maximum absolute atomic E-state index is 2.46. The van der Waals surface area contributed by atoms with Gasteiger partial charge < -0.3 is 0 Å². The molecule has 0 radical (unpaired) electrons. The number of hydrogen-bond donors (Lipinski definition) is 0. The van der Waals surface area contributed by atoms with Gasteiger partial charge in [0.1, 0.15) is 0 Å². The van der Waals surface area contributed by atoms with Crippen molar-refractivity contribution in [2.45, 2.75) is 19.3 Å². The first-order valence-electron chi connectivity index (χ1n) is 17.9. The summed E-state index contributed by atoms with van der Waals surface area (Å²) in [6.45, 7) is 4.71. The molecule has 0 aliphatic heterocycles. The zero-order valence-electron chi connectivity index (χ0n) is 28.8. The molecule has 0 atom stereocenters. The number of rotatable bonds is 4. The van der Waals surface area contributed by atoms with Crippen molar-refractivity contribution in [3.8, 4) is 55.6 Å². The molecule has 0 aromatic heterocycles. The van der Waals surface area contributed by atoms with Gasteiger partial charge in [-0.1, -0.05) is 172 Å². The molecule has 0 fully saturated rings. The van der Waals surface area contributed by atoms with Crippen molar-refractivity contribution in [1.82, 2.24) is 0 Å². The van der Waals surface area contributed by atoms with Crippen LogP contribution in [-0.2, 0) is 5.41 Å². The maximum atomic E-state index is 2.46. The molecular weight excluding hydrogens is 613 g/mol. The van der Waals surface area contributed by atoms with Crippen LogP contribution in [0.4, 0.5) is 0 Å². The van der Waals surface area contributed by atoms with Crippen LogP contribution in [0.2, 0.25) is 0 Å². The Labute approximate surface area is 299 Å². The highest BCUT2D eigenvalue weighted by Gasteiger charge is 2.35. The largest absolute Gasteiger partial charge is 0.0622 e. The average Bonchev–Trinajstić information content (AvgIpc) is 3.42. The topological polar surface area (TPSA) is 0 Å². The summed E-state index contributed by atoms with van der Waals surface area (Å²) in [6.07, 6.45) is 0. The highest BCUT2D eigenvalue weighted by atomic mass is 14.4. The van der Waals surface area contributed by atoms with Crippen molar-refractivity contribution in [2.24, 2.45) is 0 Å². The van der Waals surface area contributed by atoms with E-state index in [4.69, 9.17) is 0 Å². The molecule has 51 heavy (non-hydrogen) atoms. The van der Waals surface area contributed by atoms with E-state index in [1.54, 1.807) is 0 Å². The van der Waals surface area contributed by atoms with Crippen LogP contribution in [0.5, 0.6) is 0 Å². The molecule has 0 bridgehead atoms. The molecule has 1 aliphatic carbocycles. The van der Waals surface area contributed by atoms with Crippen molar-refractivity contribution in [3.05, 3.63) is 193 Å². The molecule has 240 valence electrons. The fourth-order valence-electron chi connectivity index (χ4n) is 8.70. The van der Waals surface area contributed by atoms with Gasteiger partial charge in [-0.3, -0.25) is 0 Å². The van der Waals surface area contributed by atoms with Gasteiger partial charge in [0.05, 0.1) is 0 Å². The lowest BCUT2D eigenvalue weighted by Crippen LogP contribution is -2.14.